The predicted octanol–water partition coefficient (Wildman–Crippen LogP) is 0.618. The third kappa shape index (κ3) is 3.96. The first kappa shape index (κ1) is 17.4. The van der Waals surface area contributed by atoms with E-state index < -0.39 is 10.0 Å². The average Bonchev–Trinajstić information content (AvgIpc) is 3.02. The quantitative estimate of drug-likeness (QED) is 0.844. The molecule has 0 atom stereocenters. The molecule has 0 spiro atoms. The lowest BCUT2D eigenvalue weighted by Crippen LogP contribution is -2.47. The van der Waals surface area contributed by atoms with Crippen molar-refractivity contribution >= 4 is 15.9 Å². The summed E-state index contributed by atoms with van der Waals surface area (Å²) >= 11 is 0. The van der Waals surface area contributed by atoms with Gasteiger partial charge in [0, 0.05) is 39.1 Å². The smallest absolute Gasteiger partial charge is 0.240 e. The van der Waals surface area contributed by atoms with E-state index >= 15 is 0 Å². The van der Waals surface area contributed by atoms with Gasteiger partial charge in [0.1, 0.15) is 0 Å². The maximum Gasteiger partial charge on any atom is 0.240 e. The second-order valence-electron chi connectivity index (χ2n) is 6.62. The lowest BCUT2D eigenvalue weighted by molar-refractivity contribution is -0.132. The Hall–Kier alpha value is -1.44. The molecule has 0 saturated carbocycles. The fourth-order valence-corrected chi connectivity index (χ4v) is 4.39. The third-order valence-corrected chi connectivity index (χ3v) is 6.33. The van der Waals surface area contributed by atoms with Crippen molar-refractivity contribution in [2.24, 2.45) is 0 Å². The molecule has 1 heterocycles. The number of rotatable bonds is 5. The number of piperazine rings is 1. The number of nitrogens with one attached hydrogen (secondary N) is 1. The topological polar surface area (TPSA) is 69.7 Å². The van der Waals surface area contributed by atoms with Gasteiger partial charge in [-0.2, -0.15) is 0 Å². The molecule has 1 fully saturated rings. The number of fused-ring (bicyclic) bond motifs is 1. The Morgan fingerprint density at radius 2 is 1.83 bits per heavy atom. The molecule has 0 unspecified atom stereocenters. The van der Waals surface area contributed by atoms with E-state index in [1.54, 1.807) is 12.1 Å². The monoisotopic (exact) mass is 351 g/mol. The van der Waals surface area contributed by atoms with E-state index in [4.69, 9.17) is 0 Å². The first-order chi connectivity index (χ1) is 11.5. The van der Waals surface area contributed by atoms with E-state index in [1.165, 1.54) is 5.56 Å². The molecule has 1 saturated heterocycles. The van der Waals surface area contributed by atoms with E-state index in [9.17, 15) is 13.2 Å². The van der Waals surface area contributed by atoms with Gasteiger partial charge in [0.15, 0.2) is 0 Å². The fourth-order valence-electron chi connectivity index (χ4n) is 3.30. The van der Waals surface area contributed by atoms with Gasteiger partial charge >= 0.3 is 0 Å². The minimum atomic E-state index is -3.55. The summed E-state index contributed by atoms with van der Waals surface area (Å²) in [5, 5.41) is 0. The van der Waals surface area contributed by atoms with Crippen LogP contribution in [0.5, 0.6) is 0 Å². The first-order valence-electron chi connectivity index (χ1n) is 8.53. The lowest BCUT2D eigenvalue weighted by atomic mass is 10.1. The Labute approximate surface area is 143 Å². The highest BCUT2D eigenvalue weighted by Gasteiger charge is 2.21. The molecule has 1 N–H and O–H groups in total. The molecule has 7 heteroatoms. The number of hydrogen-bond donors (Lipinski definition) is 1. The zero-order valence-corrected chi connectivity index (χ0v) is 14.9. The molecule has 1 amide bonds. The number of nitrogens with zero attached hydrogens (tertiary/aromatic N) is 2. The maximum atomic E-state index is 12.4. The maximum absolute atomic E-state index is 12.4. The van der Waals surface area contributed by atoms with Gasteiger partial charge in [0.05, 0.1) is 4.90 Å². The highest BCUT2D eigenvalue weighted by molar-refractivity contribution is 7.89. The van der Waals surface area contributed by atoms with Crippen LogP contribution in [0, 0.1) is 0 Å². The molecule has 24 heavy (non-hydrogen) atoms. The van der Waals surface area contributed by atoms with Crippen LogP contribution in [-0.2, 0) is 27.7 Å². The van der Waals surface area contributed by atoms with Gasteiger partial charge in [0.25, 0.3) is 0 Å². The summed E-state index contributed by atoms with van der Waals surface area (Å²) < 4.78 is 27.3. The predicted molar refractivity (Wildman–Crippen MR) is 92.3 cm³/mol. The van der Waals surface area contributed by atoms with E-state index in [2.05, 4.69) is 9.62 Å². The second kappa shape index (κ2) is 7.21. The number of aryl methyl sites for hydroxylation is 2. The number of benzene rings is 1. The molecule has 1 aliphatic heterocycles. The fraction of sp³-hybridized carbons (Fsp3) is 0.588. The van der Waals surface area contributed by atoms with Crippen molar-refractivity contribution < 1.29 is 13.2 Å². The van der Waals surface area contributed by atoms with Gasteiger partial charge in [-0.1, -0.05) is 6.07 Å². The first-order valence-corrected chi connectivity index (χ1v) is 10.0. The van der Waals surface area contributed by atoms with Crippen LogP contribution in [0.2, 0.25) is 0 Å². The minimum absolute atomic E-state index is 0.0137. The van der Waals surface area contributed by atoms with Crippen LogP contribution in [0.15, 0.2) is 23.1 Å². The highest BCUT2D eigenvalue weighted by Crippen LogP contribution is 2.24. The molecule has 6 nitrogen and oxygen atoms in total. The molecule has 1 aromatic carbocycles. The highest BCUT2D eigenvalue weighted by atomic mass is 32.2. The summed E-state index contributed by atoms with van der Waals surface area (Å²) in [4.78, 5) is 16.4. The summed E-state index contributed by atoms with van der Waals surface area (Å²) in [6, 6.07) is 5.34. The van der Waals surface area contributed by atoms with Crippen LogP contribution in [-0.4, -0.2) is 63.9 Å². The van der Waals surface area contributed by atoms with Gasteiger partial charge in [-0.25, -0.2) is 13.1 Å². The Balaban J connectivity index is 1.53. The van der Waals surface area contributed by atoms with E-state index in [0.29, 0.717) is 18.0 Å². The molecule has 1 aromatic rings. The second-order valence-corrected chi connectivity index (χ2v) is 8.38. The summed E-state index contributed by atoms with van der Waals surface area (Å²) in [5.41, 5.74) is 2.38. The van der Waals surface area contributed by atoms with Gasteiger partial charge in [-0.15, -0.1) is 0 Å². The van der Waals surface area contributed by atoms with Gasteiger partial charge in [0.2, 0.25) is 15.9 Å². The molecule has 132 valence electrons. The summed E-state index contributed by atoms with van der Waals surface area (Å²) in [6.45, 7) is 3.31. The normalized spacial score (nSPS) is 18.6. The molecule has 0 radical (unpaired) electrons. The van der Waals surface area contributed by atoms with Crippen LogP contribution >= 0.6 is 0 Å². The number of carbonyl (C=O) groups excluding carboxylic acids is 1. The Morgan fingerprint density at radius 3 is 2.58 bits per heavy atom. The van der Waals surface area contributed by atoms with Gasteiger partial charge in [-0.3, -0.25) is 4.79 Å². The Kier molecular flexibility index (Phi) is 5.22. The zero-order valence-electron chi connectivity index (χ0n) is 14.1. The van der Waals surface area contributed by atoms with Crippen molar-refractivity contribution in [3.05, 3.63) is 29.3 Å². The Bertz CT molecular complexity index is 710. The lowest BCUT2D eigenvalue weighted by Gasteiger charge is -2.32. The van der Waals surface area contributed by atoms with Crippen LogP contribution in [0.1, 0.15) is 24.0 Å². The van der Waals surface area contributed by atoms with Crippen molar-refractivity contribution in [2.75, 3.05) is 39.8 Å². The van der Waals surface area contributed by atoms with Crippen molar-refractivity contribution in [3.63, 3.8) is 0 Å². The molecule has 0 aromatic heterocycles. The average molecular weight is 351 g/mol. The van der Waals surface area contributed by atoms with E-state index in [-0.39, 0.29) is 18.9 Å². The summed E-state index contributed by atoms with van der Waals surface area (Å²) in [5.74, 6) is 0.0137. The molecule has 1 aliphatic carbocycles. The summed E-state index contributed by atoms with van der Waals surface area (Å²) in [7, 11) is -1.51. The minimum Gasteiger partial charge on any atom is -0.340 e. The SMILES string of the molecule is CN1CCN(C(=O)CCNS(=O)(=O)c2ccc3c(c2)CCC3)CC1. The van der Waals surface area contributed by atoms with Crippen molar-refractivity contribution in [1.82, 2.24) is 14.5 Å². The van der Waals surface area contributed by atoms with Crippen LogP contribution in [0.3, 0.4) is 0 Å². The van der Waals surface area contributed by atoms with Gasteiger partial charge in [-0.05, 0) is 49.6 Å². The summed E-state index contributed by atoms with van der Waals surface area (Å²) in [6.07, 6.45) is 3.27. The number of hydrogen-bond acceptors (Lipinski definition) is 4. The standard InChI is InChI=1S/C17H25N3O3S/c1-19-9-11-20(12-10-19)17(21)7-8-18-24(22,23)16-6-5-14-3-2-4-15(14)13-16/h5-6,13,18H,2-4,7-12H2,1H3. The van der Waals surface area contributed by atoms with Crippen molar-refractivity contribution in [1.29, 1.82) is 0 Å². The van der Waals surface area contributed by atoms with E-state index in [0.717, 1.165) is 37.9 Å². The van der Waals surface area contributed by atoms with Crippen LogP contribution in [0.4, 0.5) is 0 Å². The third-order valence-electron chi connectivity index (χ3n) is 4.87. The molecule has 3 rings (SSSR count). The van der Waals surface area contributed by atoms with Crippen molar-refractivity contribution in [2.45, 2.75) is 30.6 Å². The zero-order chi connectivity index (χ0) is 17.2. The molecular weight excluding hydrogens is 326 g/mol. The Morgan fingerprint density at radius 1 is 1.12 bits per heavy atom. The molecule has 0 bridgehead atoms. The number of carbonyl (C=O) groups is 1. The molecule has 2 aliphatic rings. The van der Waals surface area contributed by atoms with Crippen molar-refractivity contribution in [3.8, 4) is 0 Å². The number of likely N-dealkylation sites (N-methyl/N-ethyl adjacent to an activating group) is 1. The number of sulfonamides is 1. The molecular formula is C17H25N3O3S. The van der Waals surface area contributed by atoms with Gasteiger partial charge < -0.3 is 9.80 Å². The number of amides is 1. The van der Waals surface area contributed by atoms with Crippen LogP contribution < -0.4 is 4.72 Å². The van der Waals surface area contributed by atoms with E-state index in [1.807, 2.05) is 18.0 Å². The largest absolute Gasteiger partial charge is 0.340 e. The van der Waals surface area contributed by atoms with Crippen LogP contribution in [0.25, 0.3) is 0 Å².